The van der Waals surface area contributed by atoms with Gasteiger partial charge in [-0.15, -0.1) is 11.3 Å². The number of thiazole rings is 1. The fourth-order valence-electron chi connectivity index (χ4n) is 1.04. The molecule has 0 saturated heterocycles. The SMILES string of the molecule is NCCCc1noc(-c2cscn2)n1. The molecule has 6 heteroatoms. The van der Waals surface area contributed by atoms with Gasteiger partial charge in [0.2, 0.25) is 0 Å². The predicted octanol–water partition coefficient (Wildman–Crippen LogP) is 1.08. The molecule has 0 fully saturated rings. The van der Waals surface area contributed by atoms with Crippen LogP contribution in [0.5, 0.6) is 0 Å². The molecule has 2 N–H and O–H groups in total. The van der Waals surface area contributed by atoms with Gasteiger partial charge >= 0.3 is 0 Å². The highest BCUT2D eigenvalue weighted by molar-refractivity contribution is 7.07. The lowest BCUT2D eigenvalue weighted by molar-refractivity contribution is 0.421. The first-order valence-corrected chi connectivity index (χ1v) is 5.25. The largest absolute Gasteiger partial charge is 0.332 e. The van der Waals surface area contributed by atoms with Gasteiger partial charge in [-0.25, -0.2) is 4.98 Å². The first kappa shape index (κ1) is 9.29. The lowest BCUT2D eigenvalue weighted by Gasteiger charge is -1.87. The van der Waals surface area contributed by atoms with Crippen LogP contribution in [0, 0.1) is 0 Å². The molecule has 0 aliphatic rings. The minimum Gasteiger partial charge on any atom is -0.332 e. The van der Waals surface area contributed by atoms with Crippen LogP contribution in [0.4, 0.5) is 0 Å². The zero-order chi connectivity index (χ0) is 9.80. The van der Waals surface area contributed by atoms with Gasteiger partial charge in [0.15, 0.2) is 5.82 Å². The molecule has 0 unspecified atom stereocenters. The van der Waals surface area contributed by atoms with Crippen molar-refractivity contribution in [1.82, 2.24) is 15.1 Å². The summed E-state index contributed by atoms with van der Waals surface area (Å²) in [6, 6.07) is 0. The van der Waals surface area contributed by atoms with Crippen molar-refractivity contribution in [3.63, 3.8) is 0 Å². The molecule has 2 aromatic heterocycles. The van der Waals surface area contributed by atoms with Gasteiger partial charge < -0.3 is 10.3 Å². The molecule has 2 heterocycles. The smallest absolute Gasteiger partial charge is 0.277 e. The van der Waals surface area contributed by atoms with Crippen molar-refractivity contribution in [1.29, 1.82) is 0 Å². The number of nitrogens with two attached hydrogens (primary N) is 1. The van der Waals surface area contributed by atoms with Gasteiger partial charge in [-0.05, 0) is 13.0 Å². The maximum atomic E-state index is 5.38. The highest BCUT2D eigenvalue weighted by Crippen LogP contribution is 2.16. The van der Waals surface area contributed by atoms with Crippen molar-refractivity contribution >= 4 is 11.3 Å². The van der Waals surface area contributed by atoms with Gasteiger partial charge in [-0.3, -0.25) is 0 Å². The zero-order valence-corrected chi connectivity index (χ0v) is 8.33. The monoisotopic (exact) mass is 210 g/mol. The van der Waals surface area contributed by atoms with Crippen LogP contribution < -0.4 is 5.73 Å². The van der Waals surface area contributed by atoms with E-state index in [1.807, 2.05) is 5.38 Å². The fraction of sp³-hybridized carbons (Fsp3) is 0.375. The number of aromatic nitrogens is 3. The highest BCUT2D eigenvalue weighted by atomic mass is 32.1. The number of rotatable bonds is 4. The maximum Gasteiger partial charge on any atom is 0.277 e. The lowest BCUT2D eigenvalue weighted by Crippen LogP contribution is -2.01. The Balaban J connectivity index is 2.10. The fourth-order valence-corrected chi connectivity index (χ4v) is 1.56. The predicted molar refractivity (Wildman–Crippen MR) is 52.8 cm³/mol. The molecule has 5 nitrogen and oxygen atoms in total. The summed E-state index contributed by atoms with van der Waals surface area (Å²) in [5.41, 5.74) is 7.85. The van der Waals surface area contributed by atoms with Crippen LogP contribution in [-0.2, 0) is 6.42 Å². The van der Waals surface area contributed by atoms with Gasteiger partial charge in [0.05, 0.1) is 5.51 Å². The van der Waals surface area contributed by atoms with Crippen LogP contribution in [0.25, 0.3) is 11.6 Å². The Morgan fingerprint density at radius 2 is 2.43 bits per heavy atom. The van der Waals surface area contributed by atoms with Crippen molar-refractivity contribution in [2.24, 2.45) is 5.73 Å². The molecule has 0 bridgehead atoms. The van der Waals surface area contributed by atoms with Crippen LogP contribution >= 0.6 is 11.3 Å². The van der Waals surface area contributed by atoms with E-state index >= 15 is 0 Å². The molecule has 0 saturated carbocycles. The average Bonchev–Trinajstić information content (AvgIpc) is 2.85. The second kappa shape index (κ2) is 4.30. The summed E-state index contributed by atoms with van der Waals surface area (Å²) in [7, 11) is 0. The van der Waals surface area contributed by atoms with E-state index in [9.17, 15) is 0 Å². The maximum absolute atomic E-state index is 5.38. The molecule has 0 radical (unpaired) electrons. The van der Waals surface area contributed by atoms with E-state index in [4.69, 9.17) is 10.3 Å². The van der Waals surface area contributed by atoms with Crippen molar-refractivity contribution in [2.45, 2.75) is 12.8 Å². The van der Waals surface area contributed by atoms with Crippen LogP contribution in [0.2, 0.25) is 0 Å². The van der Waals surface area contributed by atoms with Gasteiger partial charge in [-0.1, -0.05) is 5.16 Å². The average molecular weight is 210 g/mol. The molecule has 2 rings (SSSR count). The minimum atomic E-state index is 0.485. The molecule has 0 aromatic carbocycles. The van der Waals surface area contributed by atoms with Crippen molar-refractivity contribution in [2.75, 3.05) is 6.54 Å². The summed E-state index contributed by atoms with van der Waals surface area (Å²) in [5.74, 6) is 1.18. The van der Waals surface area contributed by atoms with Crippen LogP contribution in [-0.4, -0.2) is 21.7 Å². The number of hydrogen-bond donors (Lipinski definition) is 1. The Kier molecular flexibility index (Phi) is 2.85. The van der Waals surface area contributed by atoms with E-state index in [0.717, 1.165) is 18.5 Å². The molecule has 2 aromatic rings. The molecular weight excluding hydrogens is 200 g/mol. The van der Waals surface area contributed by atoms with Gasteiger partial charge in [-0.2, -0.15) is 4.98 Å². The third-order valence-corrected chi connectivity index (χ3v) is 2.31. The third-order valence-electron chi connectivity index (χ3n) is 1.72. The molecular formula is C8H10N4OS. The number of aryl methyl sites for hydroxylation is 1. The topological polar surface area (TPSA) is 77.8 Å². The summed E-state index contributed by atoms with van der Waals surface area (Å²) in [6.45, 7) is 0.639. The number of hydrogen-bond acceptors (Lipinski definition) is 6. The normalized spacial score (nSPS) is 10.6. The molecule has 0 spiro atoms. The molecule has 14 heavy (non-hydrogen) atoms. The van der Waals surface area contributed by atoms with E-state index in [1.54, 1.807) is 5.51 Å². The molecule has 0 atom stereocenters. The van der Waals surface area contributed by atoms with E-state index in [2.05, 4.69) is 15.1 Å². The third kappa shape index (κ3) is 1.97. The molecule has 0 aliphatic carbocycles. The van der Waals surface area contributed by atoms with Crippen LogP contribution in [0.1, 0.15) is 12.2 Å². The van der Waals surface area contributed by atoms with Crippen molar-refractivity contribution < 1.29 is 4.52 Å². The second-order valence-electron chi connectivity index (χ2n) is 2.78. The summed E-state index contributed by atoms with van der Waals surface area (Å²) >= 11 is 1.50. The summed E-state index contributed by atoms with van der Waals surface area (Å²) in [4.78, 5) is 8.28. The molecule has 0 aliphatic heterocycles. The Morgan fingerprint density at radius 1 is 1.50 bits per heavy atom. The zero-order valence-electron chi connectivity index (χ0n) is 7.51. The van der Waals surface area contributed by atoms with Crippen molar-refractivity contribution in [3.8, 4) is 11.6 Å². The van der Waals surface area contributed by atoms with Crippen LogP contribution in [0.3, 0.4) is 0 Å². The lowest BCUT2D eigenvalue weighted by atomic mass is 10.3. The Bertz CT molecular complexity index is 384. The second-order valence-corrected chi connectivity index (χ2v) is 3.50. The summed E-state index contributed by atoms with van der Waals surface area (Å²) in [6.07, 6.45) is 1.63. The first-order chi connectivity index (χ1) is 6.90. The van der Waals surface area contributed by atoms with Crippen LogP contribution in [0.15, 0.2) is 15.4 Å². The molecule has 0 amide bonds. The van der Waals surface area contributed by atoms with E-state index in [1.165, 1.54) is 11.3 Å². The first-order valence-electron chi connectivity index (χ1n) is 4.31. The van der Waals surface area contributed by atoms with Crippen molar-refractivity contribution in [3.05, 3.63) is 16.7 Å². The van der Waals surface area contributed by atoms with E-state index in [-0.39, 0.29) is 0 Å². The summed E-state index contributed by atoms with van der Waals surface area (Å²) in [5, 5.41) is 5.71. The van der Waals surface area contributed by atoms with Gasteiger partial charge in [0.25, 0.3) is 5.89 Å². The number of nitrogens with zero attached hydrogens (tertiary/aromatic N) is 3. The summed E-state index contributed by atoms with van der Waals surface area (Å²) < 4.78 is 5.05. The quantitative estimate of drug-likeness (QED) is 0.817. The molecule has 74 valence electrons. The highest BCUT2D eigenvalue weighted by Gasteiger charge is 2.09. The standard InChI is InChI=1S/C8H10N4OS/c9-3-1-2-7-11-8(13-12-7)6-4-14-5-10-6/h4-5H,1-3,9H2. The van der Waals surface area contributed by atoms with E-state index in [0.29, 0.717) is 18.3 Å². The minimum absolute atomic E-state index is 0.485. The van der Waals surface area contributed by atoms with E-state index < -0.39 is 0 Å². The van der Waals surface area contributed by atoms with Gasteiger partial charge in [0.1, 0.15) is 5.69 Å². The Labute approximate surface area is 85.0 Å². The Morgan fingerprint density at radius 3 is 3.14 bits per heavy atom. The Hall–Kier alpha value is -1.27. The van der Waals surface area contributed by atoms with Gasteiger partial charge in [0, 0.05) is 11.8 Å².